The summed E-state index contributed by atoms with van der Waals surface area (Å²) in [6.45, 7) is 7.57. The summed E-state index contributed by atoms with van der Waals surface area (Å²) >= 11 is 1.14. The summed E-state index contributed by atoms with van der Waals surface area (Å²) in [5.41, 5.74) is 3.88. The fourth-order valence-electron chi connectivity index (χ4n) is 2.60. The number of urea groups is 1. The molecule has 2 aromatic carbocycles. The molecule has 1 aromatic heterocycles. The number of hydrogen-bond donors (Lipinski definition) is 3. The molecule has 0 aliphatic carbocycles. The standard InChI is InChI=1S/C20H23N5O3S/c1-12-8-9-14(22-19(27)28-20(2,3)4)10-16(12)23-18(26)21-11-13-6-5-7-15-17(13)25-29-24-15/h5-10H,11H2,1-4H3,(H,22,27)(H2,21,23,26). The largest absolute Gasteiger partial charge is 0.444 e. The number of nitrogens with one attached hydrogen (secondary N) is 3. The Morgan fingerprint density at radius 3 is 2.66 bits per heavy atom. The smallest absolute Gasteiger partial charge is 0.412 e. The van der Waals surface area contributed by atoms with Crippen LogP contribution in [-0.2, 0) is 11.3 Å². The lowest BCUT2D eigenvalue weighted by atomic mass is 10.1. The van der Waals surface area contributed by atoms with Gasteiger partial charge in [0.25, 0.3) is 0 Å². The third-order valence-electron chi connectivity index (χ3n) is 3.94. The van der Waals surface area contributed by atoms with Crippen molar-refractivity contribution < 1.29 is 14.3 Å². The predicted octanol–water partition coefficient (Wildman–Crippen LogP) is 4.67. The van der Waals surface area contributed by atoms with Crippen molar-refractivity contribution in [2.75, 3.05) is 10.6 Å². The second kappa shape index (κ2) is 8.44. The van der Waals surface area contributed by atoms with E-state index in [1.807, 2.05) is 31.2 Å². The highest BCUT2D eigenvalue weighted by Crippen LogP contribution is 2.21. The molecule has 3 amide bonds. The molecule has 1 heterocycles. The molecule has 3 aromatic rings. The lowest BCUT2D eigenvalue weighted by molar-refractivity contribution is 0.0636. The van der Waals surface area contributed by atoms with Gasteiger partial charge in [-0.15, -0.1) is 0 Å². The molecule has 0 saturated heterocycles. The van der Waals surface area contributed by atoms with Gasteiger partial charge < -0.3 is 15.4 Å². The number of aryl methyl sites for hydroxylation is 1. The van der Waals surface area contributed by atoms with E-state index in [0.29, 0.717) is 17.9 Å². The van der Waals surface area contributed by atoms with Crippen LogP contribution in [0.3, 0.4) is 0 Å². The molecule has 0 spiro atoms. The van der Waals surface area contributed by atoms with Gasteiger partial charge >= 0.3 is 12.1 Å². The maximum atomic E-state index is 12.4. The first-order valence-corrected chi connectivity index (χ1v) is 9.80. The second-order valence-electron chi connectivity index (χ2n) is 7.51. The van der Waals surface area contributed by atoms with Crippen LogP contribution in [0, 0.1) is 6.92 Å². The zero-order valence-corrected chi connectivity index (χ0v) is 17.5. The molecule has 0 unspecified atom stereocenters. The maximum absolute atomic E-state index is 12.4. The normalized spacial score (nSPS) is 11.2. The summed E-state index contributed by atoms with van der Waals surface area (Å²) in [6.07, 6.45) is -0.554. The second-order valence-corrected chi connectivity index (χ2v) is 8.04. The van der Waals surface area contributed by atoms with Gasteiger partial charge in [-0.3, -0.25) is 5.32 Å². The SMILES string of the molecule is Cc1ccc(NC(=O)OC(C)(C)C)cc1NC(=O)NCc1cccc2nsnc12. The summed E-state index contributed by atoms with van der Waals surface area (Å²) in [5.74, 6) is 0. The number of aromatic nitrogens is 2. The third kappa shape index (κ3) is 5.64. The average Bonchev–Trinajstić information content (AvgIpc) is 3.10. The molecule has 8 nitrogen and oxygen atoms in total. The van der Waals surface area contributed by atoms with Crippen molar-refractivity contribution in [3.05, 3.63) is 47.5 Å². The van der Waals surface area contributed by atoms with Crippen LogP contribution in [0.25, 0.3) is 11.0 Å². The predicted molar refractivity (Wildman–Crippen MR) is 114 cm³/mol. The molecule has 3 rings (SSSR count). The Hall–Kier alpha value is -3.20. The Morgan fingerprint density at radius 2 is 1.90 bits per heavy atom. The van der Waals surface area contributed by atoms with Crippen LogP contribution in [0.1, 0.15) is 31.9 Å². The quantitative estimate of drug-likeness (QED) is 0.576. The molecule has 0 fully saturated rings. The highest BCUT2D eigenvalue weighted by atomic mass is 32.1. The zero-order chi connectivity index (χ0) is 21.0. The van der Waals surface area contributed by atoms with Gasteiger partial charge in [0.1, 0.15) is 16.6 Å². The molecule has 9 heteroatoms. The Labute approximate surface area is 173 Å². The Morgan fingerprint density at radius 1 is 1.10 bits per heavy atom. The fourth-order valence-corrected chi connectivity index (χ4v) is 3.17. The summed E-state index contributed by atoms with van der Waals surface area (Å²) in [4.78, 5) is 24.3. The number of fused-ring (bicyclic) bond motifs is 1. The minimum atomic E-state index is -0.592. The molecule has 152 valence electrons. The lowest BCUT2D eigenvalue weighted by Gasteiger charge is -2.20. The van der Waals surface area contributed by atoms with E-state index in [4.69, 9.17) is 4.74 Å². The summed E-state index contributed by atoms with van der Waals surface area (Å²) in [5, 5.41) is 8.30. The molecule has 0 aliphatic heterocycles. The van der Waals surface area contributed by atoms with Gasteiger partial charge in [0.15, 0.2) is 0 Å². The van der Waals surface area contributed by atoms with Crippen molar-refractivity contribution in [1.82, 2.24) is 14.1 Å². The molecule has 29 heavy (non-hydrogen) atoms. The first-order chi connectivity index (χ1) is 13.7. The van der Waals surface area contributed by atoms with Crippen LogP contribution in [0.2, 0.25) is 0 Å². The van der Waals surface area contributed by atoms with E-state index in [1.165, 1.54) is 0 Å². The highest BCUT2D eigenvalue weighted by molar-refractivity contribution is 7.00. The van der Waals surface area contributed by atoms with Crippen LogP contribution in [0.5, 0.6) is 0 Å². The monoisotopic (exact) mass is 413 g/mol. The van der Waals surface area contributed by atoms with Gasteiger partial charge in [-0.05, 0) is 51.5 Å². The number of rotatable bonds is 4. The number of carbonyl (C=O) groups is 2. The van der Waals surface area contributed by atoms with Gasteiger partial charge in [0.05, 0.1) is 11.7 Å². The number of ether oxygens (including phenoxy) is 1. The molecule has 0 bridgehead atoms. The maximum Gasteiger partial charge on any atom is 0.412 e. The minimum Gasteiger partial charge on any atom is -0.444 e. The number of amides is 3. The average molecular weight is 414 g/mol. The van der Waals surface area contributed by atoms with Crippen LogP contribution < -0.4 is 16.0 Å². The Kier molecular flexibility index (Phi) is 5.97. The number of hydrogen-bond acceptors (Lipinski definition) is 6. The van der Waals surface area contributed by atoms with Crippen LogP contribution in [0.15, 0.2) is 36.4 Å². The van der Waals surface area contributed by atoms with E-state index < -0.39 is 11.7 Å². The molecule has 0 aliphatic rings. The lowest BCUT2D eigenvalue weighted by Crippen LogP contribution is -2.29. The number of nitrogens with zero attached hydrogens (tertiary/aromatic N) is 2. The number of anilines is 2. The third-order valence-corrected chi connectivity index (χ3v) is 4.48. The van der Waals surface area contributed by atoms with E-state index in [-0.39, 0.29) is 6.03 Å². The fraction of sp³-hybridized carbons (Fsp3) is 0.300. The first-order valence-electron chi connectivity index (χ1n) is 9.07. The summed E-state index contributed by atoms with van der Waals surface area (Å²) in [7, 11) is 0. The van der Waals surface area contributed by atoms with Crippen molar-refractivity contribution in [1.29, 1.82) is 0 Å². The van der Waals surface area contributed by atoms with E-state index in [1.54, 1.807) is 32.9 Å². The van der Waals surface area contributed by atoms with Crippen LogP contribution in [0.4, 0.5) is 21.0 Å². The molecule has 0 radical (unpaired) electrons. The first kappa shape index (κ1) is 20.5. The van der Waals surface area contributed by atoms with Gasteiger partial charge in [0.2, 0.25) is 0 Å². The minimum absolute atomic E-state index is 0.323. The van der Waals surface area contributed by atoms with Gasteiger partial charge in [-0.25, -0.2) is 9.59 Å². The van der Waals surface area contributed by atoms with Crippen molar-refractivity contribution in [3.63, 3.8) is 0 Å². The number of carbonyl (C=O) groups excluding carboxylic acids is 2. The van der Waals surface area contributed by atoms with E-state index in [9.17, 15) is 9.59 Å². The number of benzene rings is 2. The highest BCUT2D eigenvalue weighted by Gasteiger charge is 2.16. The molecule has 3 N–H and O–H groups in total. The molecular weight excluding hydrogens is 390 g/mol. The van der Waals surface area contributed by atoms with Gasteiger partial charge in [0, 0.05) is 23.5 Å². The van der Waals surface area contributed by atoms with Crippen molar-refractivity contribution in [3.8, 4) is 0 Å². The summed E-state index contributed by atoms with van der Waals surface area (Å²) in [6, 6.07) is 10.6. The van der Waals surface area contributed by atoms with Crippen molar-refractivity contribution in [2.24, 2.45) is 0 Å². The Bertz CT molecular complexity index is 1040. The van der Waals surface area contributed by atoms with E-state index in [2.05, 4.69) is 24.7 Å². The van der Waals surface area contributed by atoms with Gasteiger partial charge in [-0.2, -0.15) is 8.75 Å². The van der Waals surface area contributed by atoms with Crippen LogP contribution in [-0.4, -0.2) is 26.5 Å². The molecule has 0 atom stereocenters. The molecular formula is C20H23N5O3S. The molecule has 0 saturated carbocycles. The van der Waals surface area contributed by atoms with E-state index >= 15 is 0 Å². The van der Waals surface area contributed by atoms with Crippen molar-refractivity contribution in [2.45, 2.75) is 39.8 Å². The van der Waals surface area contributed by atoms with Gasteiger partial charge in [-0.1, -0.05) is 18.2 Å². The Balaban J connectivity index is 1.62. The van der Waals surface area contributed by atoms with Crippen LogP contribution >= 0.6 is 11.7 Å². The summed E-state index contributed by atoms with van der Waals surface area (Å²) < 4.78 is 13.7. The van der Waals surface area contributed by atoms with Crippen molar-refractivity contribution >= 4 is 46.3 Å². The zero-order valence-electron chi connectivity index (χ0n) is 16.7. The topological polar surface area (TPSA) is 105 Å². The van der Waals surface area contributed by atoms with E-state index in [0.717, 1.165) is 33.9 Å².